The van der Waals surface area contributed by atoms with Gasteiger partial charge in [0.2, 0.25) is 5.91 Å². The highest BCUT2D eigenvalue weighted by Gasteiger charge is 2.27. The standard InChI is InChI=1S/C26H24Br2N4O/c27-19-10-12-21(13-11-19)29-26(33)18-5-4-14-31(16-18)17-25-30-23-8-1-2-9-24(23)32(25)22-7-3-6-20(28)15-22/h1-3,6-13,15,18H,4-5,14,16-17H2,(H,29,33)/t18-/m1/s1. The van der Waals surface area contributed by atoms with Crippen molar-refractivity contribution in [3.05, 3.63) is 87.6 Å². The molecule has 0 spiro atoms. The number of halogens is 2. The zero-order valence-corrected chi connectivity index (χ0v) is 21.2. The maximum absolute atomic E-state index is 12.9. The van der Waals surface area contributed by atoms with Gasteiger partial charge in [0, 0.05) is 26.9 Å². The van der Waals surface area contributed by atoms with Crippen LogP contribution in [0.5, 0.6) is 0 Å². The minimum absolute atomic E-state index is 0.0360. The van der Waals surface area contributed by atoms with Crippen molar-refractivity contribution < 1.29 is 4.79 Å². The Morgan fingerprint density at radius 3 is 2.64 bits per heavy atom. The Balaban J connectivity index is 1.37. The molecule has 1 fully saturated rings. The first-order chi connectivity index (χ1) is 16.1. The van der Waals surface area contributed by atoms with Gasteiger partial charge in [-0.15, -0.1) is 0 Å². The lowest BCUT2D eigenvalue weighted by molar-refractivity contribution is -0.121. The number of piperidine rings is 1. The van der Waals surface area contributed by atoms with Gasteiger partial charge in [0.15, 0.2) is 0 Å². The van der Waals surface area contributed by atoms with E-state index in [2.05, 4.69) is 70.9 Å². The first kappa shape index (κ1) is 22.3. The summed E-state index contributed by atoms with van der Waals surface area (Å²) >= 11 is 7.04. The van der Waals surface area contributed by atoms with Gasteiger partial charge in [0.25, 0.3) is 0 Å². The van der Waals surface area contributed by atoms with E-state index in [0.717, 1.165) is 63.1 Å². The van der Waals surface area contributed by atoms with Crippen molar-refractivity contribution in [1.29, 1.82) is 0 Å². The summed E-state index contributed by atoms with van der Waals surface area (Å²) in [4.78, 5) is 20.3. The van der Waals surface area contributed by atoms with Crippen molar-refractivity contribution in [2.45, 2.75) is 19.4 Å². The Bertz CT molecular complexity index is 1290. The Morgan fingerprint density at radius 2 is 1.82 bits per heavy atom. The lowest BCUT2D eigenvalue weighted by atomic mass is 9.97. The summed E-state index contributed by atoms with van der Waals surface area (Å²) < 4.78 is 4.26. The monoisotopic (exact) mass is 566 g/mol. The van der Waals surface area contributed by atoms with Gasteiger partial charge in [-0.3, -0.25) is 14.3 Å². The molecule has 1 aliphatic heterocycles. The molecule has 0 unspecified atom stereocenters. The third-order valence-electron chi connectivity index (χ3n) is 6.05. The average molecular weight is 568 g/mol. The Kier molecular flexibility index (Phi) is 6.62. The van der Waals surface area contributed by atoms with Crippen molar-refractivity contribution in [2.75, 3.05) is 18.4 Å². The highest BCUT2D eigenvalue weighted by molar-refractivity contribution is 9.10. The average Bonchev–Trinajstić information content (AvgIpc) is 3.18. The molecule has 0 radical (unpaired) electrons. The SMILES string of the molecule is O=C(Nc1ccc(Br)cc1)[C@@H]1CCCN(Cc2nc3ccccc3n2-c2cccc(Br)c2)C1. The van der Waals surface area contributed by atoms with Gasteiger partial charge in [-0.25, -0.2) is 4.98 Å². The zero-order valence-electron chi connectivity index (χ0n) is 18.0. The molecule has 168 valence electrons. The molecule has 0 saturated carbocycles. The summed E-state index contributed by atoms with van der Waals surface area (Å²) in [5.41, 5.74) is 3.98. The number of carbonyl (C=O) groups is 1. The molecule has 0 aliphatic carbocycles. The fraction of sp³-hybridized carbons (Fsp3) is 0.231. The predicted octanol–water partition coefficient (Wildman–Crippen LogP) is 6.40. The largest absolute Gasteiger partial charge is 0.326 e. The van der Waals surface area contributed by atoms with Crippen LogP contribution in [0.25, 0.3) is 16.7 Å². The van der Waals surface area contributed by atoms with Gasteiger partial charge < -0.3 is 5.32 Å². The van der Waals surface area contributed by atoms with Gasteiger partial charge in [-0.05, 0) is 74.0 Å². The molecular formula is C26H24Br2N4O. The maximum Gasteiger partial charge on any atom is 0.228 e. The first-order valence-corrected chi connectivity index (χ1v) is 12.7. The van der Waals surface area contributed by atoms with E-state index >= 15 is 0 Å². The van der Waals surface area contributed by atoms with Crippen LogP contribution in [0.15, 0.2) is 81.7 Å². The fourth-order valence-electron chi connectivity index (χ4n) is 4.48. The zero-order chi connectivity index (χ0) is 22.8. The van der Waals surface area contributed by atoms with E-state index in [1.165, 1.54) is 0 Å². The molecule has 1 saturated heterocycles. The molecule has 1 atom stereocenters. The van der Waals surface area contributed by atoms with E-state index in [1.54, 1.807) is 0 Å². The number of para-hydroxylation sites is 2. The van der Waals surface area contributed by atoms with E-state index < -0.39 is 0 Å². The second kappa shape index (κ2) is 9.79. The number of carbonyl (C=O) groups excluding carboxylic acids is 1. The number of fused-ring (bicyclic) bond motifs is 1. The number of hydrogen-bond acceptors (Lipinski definition) is 3. The van der Waals surface area contributed by atoms with Crippen LogP contribution in [0, 0.1) is 5.92 Å². The second-order valence-electron chi connectivity index (χ2n) is 8.40. The minimum Gasteiger partial charge on any atom is -0.326 e. The predicted molar refractivity (Wildman–Crippen MR) is 140 cm³/mol. The van der Waals surface area contributed by atoms with Crippen LogP contribution >= 0.6 is 31.9 Å². The summed E-state index contributed by atoms with van der Waals surface area (Å²) in [5, 5.41) is 3.08. The van der Waals surface area contributed by atoms with Crippen molar-refractivity contribution in [3.8, 4) is 5.69 Å². The number of anilines is 1. The number of aromatic nitrogens is 2. The van der Waals surface area contributed by atoms with E-state index in [1.807, 2.05) is 48.5 Å². The quantitative estimate of drug-likeness (QED) is 0.303. The molecular weight excluding hydrogens is 544 g/mol. The normalized spacial score (nSPS) is 16.7. The second-order valence-corrected chi connectivity index (χ2v) is 10.2. The maximum atomic E-state index is 12.9. The molecule has 1 N–H and O–H groups in total. The molecule has 5 nitrogen and oxygen atoms in total. The van der Waals surface area contributed by atoms with Crippen LogP contribution in [0.1, 0.15) is 18.7 Å². The van der Waals surface area contributed by atoms with Gasteiger partial charge in [-0.2, -0.15) is 0 Å². The third-order valence-corrected chi connectivity index (χ3v) is 7.07. The molecule has 3 aromatic carbocycles. The van der Waals surface area contributed by atoms with Crippen LogP contribution in [0.3, 0.4) is 0 Å². The topological polar surface area (TPSA) is 50.2 Å². The summed E-state index contributed by atoms with van der Waals surface area (Å²) in [6.07, 6.45) is 1.90. The van der Waals surface area contributed by atoms with Crippen LogP contribution in [0.4, 0.5) is 5.69 Å². The molecule has 5 rings (SSSR count). The Morgan fingerprint density at radius 1 is 1.00 bits per heavy atom. The lowest BCUT2D eigenvalue weighted by Gasteiger charge is -2.31. The summed E-state index contributed by atoms with van der Waals surface area (Å²) in [6, 6.07) is 24.2. The summed E-state index contributed by atoms with van der Waals surface area (Å²) in [5.74, 6) is 1.04. The lowest BCUT2D eigenvalue weighted by Crippen LogP contribution is -2.40. The van der Waals surface area contributed by atoms with E-state index in [9.17, 15) is 4.79 Å². The smallest absolute Gasteiger partial charge is 0.228 e. The highest BCUT2D eigenvalue weighted by Crippen LogP contribution is 2.26. The van der Waals surface area contributed by atoms with Crippen LogP contribution < -0.4 is 5.32 Å². The molecule has 0 bridgehead atoms. The van der Waals surface area contributed by atoms with Crippen LogP contribution in [-0.2, 0) is 11.3 Å². The van der Waals surface area contributed by atoms with Crippen molar-refractivity contribution >= 4 is 54.5 Å². The van der Waals surface area contributed by atoms with E-state index in [4.69, 9.17) is 4.98 Å². The molecule has 1 aromatic heterocycles. The van der Waals surface area contributed by atoms with Crippen molar-refractivity contribution in [1.82, 2.24) is 14.5 Å². The van der Waals surface area contributed by atoms with Gasteiger partial charge in [0.05, 0.1) is 23.5 Å². The third kappa shape index (κ3) is 5.05. The highest BCUT2D eigenvalue weighted by atomic mass is 79.9. The van der Waals surface area contributed by atoms with Crippen LogP contribution in [0.2, 0.25) is 0 Å². The number of rotatable bonds is 5. The van der Waals surface area contributed by atoms with Gasteiger partial charge in [0.1, 0.15) is 5.82 Å². The number of nitrogens with one attached hydrogen (secondary N) is 1. The summed E-state index contributed by atoms with van der Waals surface area (Å²) in [6.45, 7) is 2.39. The molecule has 7 heteroatoms. The number of amides is 1. The number of likely N-dealkylation sites (tertiary alicyclic amines) is 1. The van der Waals surface area contributed by atoms with Crippen molar-refractivity contribution in [3.63, 3.8) is 0 Å². The number of nitrogens with zero attached hydrogens (tertiary/aromatic N) is 3. The minimum atomic E-state index is -0.0360. The Hall–Kier alpha value is -2.48. The number of benzene rings is 3. The summed E-state index contributed by atoms with van der Waals surface area (Å²) in [7, 11) is 0. The van der Waals surface area contributed by atoms with Gasteiger partial charge in [-0.1, -0.05) is 50.1 Å². The number of hydrogen-bond donors (Lipinski definition) is 1. The van der Waals surface area contributed by atoms with Crippen LogP contribution in [-0.4, -0.2) is 33.4 Å². The number of imidazole rings is 1. The Labute approximate surface area is 210 Å². The molecule has 1 amide bonds. The van der Waals surface area contributed by atoms with E-state index in [0.29, 0.717) is 6.54 Å². The molecule has 33 heavy (non-hydrogen) atoms. The van der Waals surface area contributed by atoms with Crippen molar-refractivity contribution in [2.24, 2.45) is 5.92 Å². The van der Waals surface area contributed by atoms with E-state index in [-0.39, 0.29) is 11.8 Å². The molecule has 4 aromatic rings. The molecule has 2 heterocycles. The fourth-order valence-corrected chi connectivity index (χ4v) is 5.13. The van der Waals surface area contributed by atoms with Gasteiger partial charge >= 0.3 is 0 Å². The molecule has 1 aliphatic rings. The first-order valence-electron chi connectivity index (χ1n) is 11.1.